The van der Waals surface area contributed by atoms with E-state index in [2.05, 4.69) is 18.3 Å². The van der Waals surface area contributed by atoms with Crippen molar-refractivity contribution in [2.24, 2.45) is 0 Å². The zero-order chi connectivity index (χ0) is 14.8. The summed E-state index contributed by atoms with van der Waals surface area (Å²) in [4.78, 5) is 0. The summed E-state index contributed by atoms with van der Waals surface area (Å²) in [5, 5.41) is 3.51. The average Bonchev–Trinajstić information content (AvgIpc) is 3.27. The summed E-state index contributed by atoms with van der Waals surface area (Å²) in [6, 6.07) is 11.7. The number of hydrogen-bond donors (Lipinski definition) is 1. The predicted octanol–water partition coefficient (Wildman–Crippen LogP) is 4.49. The van der Waals surface area contributed by atoms with Crippen molar-refractivity contribution < 1.29 is 9.13 Å². The van der Waals surface area contributed by atoms with E-state index in [1.165, 1.54) is 24.5 Å². The molecule has 0 heterocycles. The number of rotatable bonds is 5. The van der Waals surface area contributed by atoms with Crippen molar-refractivity contribution in [2.75, 3.05) is 0 Å². The molecule has 1 fully saturated rings. The van der Waals surface area contributed by atoms with Crippen molar-refractivity contribution in [1.29, 1.82) is 0 Å². The molecule has 110 valence electrons. The number of halogens is 1. The summed E-state index contributed by atoms with van der Waals surface area (Å²) in [6.45, 7) is 4.63. The van der Waals surface area contributed by atoms with E-state index in [1.807, 2.05) is 12.1 Å². The molecule has 0 bridgehead atoms. The fourth-order valence-corrected chi connectivity index (χ4v) is 2.30. The zero-order valence-corrected chi connectivity index (χ0v) is 12.4. The molecule has 1 saturated carbocycles. The van der Waals surface area contributed by atoms with Crippen LogP contribution in [0.1, 0.15) is 29.5 Å². The highest BCUT2D eigenvalue weighted by molar-refractivity contribution is 5.41. The smallest absolute Gasteiger partial charge is 0.131 e. The first-order chi connectivity index (χ1) is 10.1. The van der Waals surface area contributed by atoms with Gasteiger partial charge in [-0.05, 0) is 56.5 Å². The van der Waals surface area contributed by atoms with Crippen molar-refractivity contribution in [3.05, 3.63) is 58.9 Å². The van der Waals surface area contributed by atoms with E-state index in [1.54, 1.807) is 19.1 Å². The topological polar surface area (TPSA) is 21.3 Å². The maximum atomic E-state index is 13.3. The van der Waals surface area contributed by atoms with Crippen LogP contribution in [0.25, 0.3) is 0 Å². The summed E-state index contributed by atoms with van der Waals surface area (Å²) in [5.41, 5.74) is 2.95. The second kappa shape index (κ2) is 5.86. The minimum Gasteiger partial charge on any atom is -0.457 e. The van der Waals surface area contributed by atoms with E-state index in [9.17, 15) is 4.39 Å². The number of ether oxygens (including phenoxy) is 1. The van der Waals surface area contributed by atoms with Crippen LogP contribution in [0.5, 0.6) is 11.5 Å². The summed E-state index contributed by atoms with van der Waals surface area (Å²) >= 11 is 0. The lowest BCUT2D eigenvalue weighted by molar-refractivity contribution is 0.469. The fraction of sp³-hybridized carbons (Fsp3) is 0.333. The first-order valence-corrected chi connectivity index (χ1v) is 7.39. The highest BCUT2D eigenvalue weighted by atomic mass is 19.1. The van der Waals surface area contributed by atoms with Gasteiger partial charge in [-0.15, -0.1) is 0 Å². The molecule has 0 spiro atoms. The van der Waals surface area contributed by atoms with Gasteiger partial charge in [0, 0.05) is 18.2 Å². The largest absolute Gasteiger partial charge is 0.457 e. The molecule has 3 heteroatoms. The van der Waals surface area contributed by atoms with Gasteiger partial charge in [0.2, 0.25) is 0 Å². The zero-order valence-electron chi connectivity index (χ0n) is 12.4. The molecular formula is C18H20FNO. The Morgan fingerprint density at radius 1 is 1.14 bits per heavy atom. The third kappa shape index (κ3) is 3.61. The van der Waals surface area contributed by atoms with Crippen LogP contribution in [0.15, 0.2) is 36.4 Å². The van der Waals surface area contributed by atoms with Crippen molar-refractivity contribution >= 4 is 0 Å². The molecule has 0 atom stereocenters. The molecule has 1 N–H and O–H groups in total. The molecule has 0 aliphatic heterocycles. The van der Waals surface area contributed by atoms with Crippen LogP contribution in [-0.2, 0) is 6.54 Å². The van der Waals surface area contributed by atoms with Crippen LogP contribution in [0.4, 0.5) is 4.39 Å². The van der Waals surface area contributed by atoms with Crippen LogP contribution in [0.3, 0.4) is 0 Å². The first kappa shape index (κ1) is 14.1. The van der Waals surface area contributed by atoms with Gasteiger partial charge >= 0.3 is 0 Å². The SMILES string of the molecule is Cc1ccc(Oc2ccc(F)c(C)c2)c(CNC2CC2)c1. The van der Waals surface area contributed by atoms with Crippen molar-refractivity contribution in [1.82, 2.24) is 5.32 Å². The van der Waals surface area contributed by atoms with E-state index >= 15 is 0 Å². The molecule has 0 radical (unpaired) electrons. The fourth-order valence-electron chi connectivity index (χ4n) is 2.30. The molecule has 2 aromatic rings. The van der Waals surface area contributed by atoms with Gasteiger partial charge in [-0.3, -0.25) is 0 Å². The van der Waals surface area contributed by atoms with Gasteiger partial charge in [0.15, 0.2) is 0 Å². The Hall–Kier alpha value is -1.87. The number of benzene rings is 2. The third-order valence-corrected chi connectivity index (χ3v) is 3.73. The van der Waals surface area contributed by atoms with Gasteiger partial charge in [-0.2, -0.15) is 0 Å². The monoisotopic (exact) mass is 285 g/mol. The molecule has 0 aromatic heterocycles. The van der Waals surface area contributed by atoms with Gasteiger partial charge in [-0.1, -0.05) is 17.7 Å². The summed E-state index contributed by atoms with van der Waals surface area (Å²) in [7, 11) is 0. The Kier molecular flexibility index (Phi) is 3.93. The van der Waals surface area contributed by atoms with Gasteiger partial charge in [0.05, 0.1) is 0 Å². The molecule has 3 rings (SSSR count). The lowest BCUT2D eigenvalue weighted by Crippen LogP contribution is -2.15. The van der Waals surface area contributed by atoms with Crippen LogP contribution < -0.4 is 10.1 Å². The molecule has 21 heavy (non-hydrogen) atoms. The van der Waals surface area contributed by atoms with Crippen molar-refractivity contribution in [3.63, 3.8) is 0 Å². The normalized spacial score (nSPS) is 14.2. The highest BCUT2D eigenvalue weighted by Crippen LogP contribution is 2.28. The van der Waals surface area contributed by atoms with E-state index in [0.29, 0.717) is 17.4 Å². The lowest BCUT2D eigenvalue weighted by Gasteiger charge is -2.13. The molecule has 2 nitrogen and oxygen atoms in total. The first-order valence-electron chi connectivity index (χ1n) is 7.39. The standard InChI is InChI=1S/C18H20FNO/c1-12-3-8-18(14(9-12)11-20-15-4-5-15)21-16-6-7-17(19)13(2)10-16/h3,6-10,15,20H,4-5,11H2,1-2H3. The highest BCUT2D eigenvalue weighted by Gasteiger charge is 2.20. The second-order valence-corrected chi connectivity index (χ2v) is 5.78. The Morgan fingerprint density at radius 2 is 1.95 bits per heavy atom. The Balaban J connectivity index is 1.80. The van der Waals surface area contributed by atoms with Crippen LogP contribution in [0, 0.1) is 19.7 Å². The molecule has 0 unspecified atom stereocenters. The maximum Gasteiger partial charge on any atom is 0.131 e. The third-order valence-electron chi connectivity index (χ3n) is 3.73. The van der Waals surface area contributed by atoms with Gasteiger partial charge in [-0.25, -0.2) is 4.39 Å². The Bertz CT molecular complexity index is 650. The van der Waals surface area contributed by atoms with Crippen molar-refractivity contribution in [3.8, 4) is 11.5 Å². The van der Waals surface area contributed by atoms with Crippen LogP contribution >= 0.6 is 0 Å². The summed E-state index contributed by atoms with van der Waals surface area (Å²) in [6.07, 6.45) is 2.53. The van der Waals surface area contributed by atoms with E-state index < -0.39 is 0 Å². The molecule has 0 saturated heterocycles. The van der Waals surface area contributed by atoms with E-state index in [4.69, 9.17) is 4.74 Å². The Labute approximate surface area is 125 Å². The predicted molar refractivity (Wildman–Crippen MR) is 82.3 cm³/mol. The van der Waals surface area contributed by atoms with E-state index in [0.717, 1.165) is 17.9 Å². The molecule has 0 amide bonds. The molecule has 1 aliphatic rings. The van der Waals surface area contributed by atoms with Crippen molar-refractivity contribution in [2.45, 2.75) is 39.3 Å². The summed E-state index contributed by atoms with van der Waals surface area (Å²) < 4.78 is 19.3. The molecular weight excluding hydrogens is 265 g/mol. The van der Waals surface area contributed by atoms with Gasteiger partial charge < -0.3 is 10.1 Å². The molecule has 2 aromatic carbocycles. The summed E-state index contributed by atoms with van der Waals surface area (Å²) in [5.74, 6) is 1.30. The second-order valence-electron chi connectivity index (χ2n) is 5.78. The quantitative estimate of drug-likeness (QED) is 0.874. The minimum atomic E-state index is -0.207. The van der Waals surface area contributed by atoms with Gasteiger partial charge in [0.1, 0.15) is 17.3 Å². The minimum absolute atomic E-state index is 0.207. The maximum absolute atomic E-state index is 13.3. The lowest BCUT2D eigenvalue weighted by atomic mass is 10.1. The number of aryl methyl sites for hydroxylation is 2. The number of nitrogens with one attached hydrogen (secondary N) is 1. The average molecular weight is 285 g/mol. The molecule has 1 aliphatic carbocycles. The van der Waals surface area contributed by atoms with Crippen LogP contribution in [0.2, 0.25) is 0 Å². The van der Waals surface area contributed by atoms with Gasteiger partial charge in [0.25, 0.3) is 0 Å². The number of hydrogen-bond acceptors (Lipinski definition) is 2. The van der Waals surface area contributed by atoms with Crippen LogP contribution in [-0.4, -0.2) is 6.04 Å². The Morgan fingerprint density at radius 3 is 2.67 bits per heavy atom. The van der Waals surface area contributed by atoms with E-state index in [-0.39, 0.29) is 5.82 Å².